The first-order chi connectivity index (χ1) is 8.18. The van der Waals surface area contributed by atoms with Crippen molar-refractivity contribution in [3.05, 3.63) is 30.1 Å². The number of nitrogens with one attached hydrogen (secondary N) is 1. The fourth-order valence-corrected chi connectivity index (χ4v) is 1.35. The fourth-order valence-electron chi connectivity index (χ4n) is 1.35. The molecule has 0 aromatic carbocycles. The molecule has 0 fully saturated rings. The van der Waals surface area contributed by atoms with E-state index in [-0.39, 0.29) is 18.7 Å². The van der Waals surface area contributed by atoms with Crippen LogP contribution in [0.5, 0.6) is 0 Å². The van der Waals surface area contributed by atoms with Crippen LogP contribution in [-0.2, 0) is 16.0 Å². The molecular weight excluding hydrogens is 220 g/mol. The molecule has 1 heterocycles. The van der Waals surface area contributed by atoms with E-state index < -0.39 is 5.97 Å². The minimum Gasteiger partial charge on any atom is -0.481 e. The zero-order valence-electron chi connectivity index (χ0n) is 9.56. The Morgan fingerprint density at radius 2 is 2.12 bits per heavy atom. The molecule has 1 amide bonds. The molecule has 92 valence electrons. The summed E-state index contributed by atoms with van der Waals surface area (Å²) in [5, 5.41) is 11.1. The molecule has 0 unspecified atom stereocenters. The lowest BCUT2D eigenvalue weighted by molar-refractivity contribution is -0.138. The van der Waals surface area contributed by atoms with Gasteiger partial charge in [0.15, 0.2) is 0 Å². The van der Waals surface area contributed by atoms with Crippen LogP contribution in [0.3, 0.4) is 0 Å². The van der Waals surface area contributed by atoms with Crippen LogP contribution in [0.4, 0.5) is 0 Å². The fraction of sp³-hybridized carbons (Fsp3) is 0.417. The smallest absolute Gasteiger partial charge is 0.303 e. The number of amides is 1. The van der Waals surface area contributed by atoms with E-state index in [4.69, 9.17) is 5.11 Å². The number of carbonyl (C=O) groups is 2. The summed E-state index contributed by atoms with van der Waals surface area (Å²) in [5.74, 6) is -1.16. The average Bonchev–Trinajstić information content (AvgIpc) is 2.33. The van der Waals surface area contributed by atoms with E-state index >= 15 is 0 Å². The topological polar surface area (TPSA) is 79.3 Å². The number of hydrogen-bond acceptors (Lipinski definition) is 3. The number of aromatic nitrogens is 1. The maximum Gasteiger partial charge on any atom is 0.303 e. The van der Waals surface area contributed by atoms with Gasteiger partial charge >= 0.3 is 5.97 Å². The van der Waals surface area contributed by atoms with Gasteiger partial charge in [0, 0.05) is 24.9 Å². The van der Waals surface area contributed by atoms with E-state index in [0.29, 0.717) is 6.54 Å². The molecule has 0 aliphatic carbocycles. The van der Waals surface area contributed by atoms with Crippen molar-refractivity contribution in [1.29, 1.82) is 0 Å². The Kier molecular flexibility index (Phi) is 5.71. The van der Waals surface area contributed by atoms with Crippen molar-refractivity contribution < 1.29 is 14.7 Å². The molecule has 5 nitrogen and oxygen atoms in total. The second-order valence-electron chi connectivity index (χ2n) is 3.67. The van der Waals surface area contributed by atoms with Crippen LogP contribution in [-0.4, -0.2) is 28.5 Å². The number of rotatable bonds is 7. The number of aryl methyl sites for hydroxylation is 1. The van der Waals surface area contributed by atoms with Gasteiger partial charge in [0.1, 0.15) is 0 Å². The first-order valence-electron chi connectivity index (χ1n) is 5.57. The number of carboxylic acids is 1. The Balaban J connectivity index is 2.08. The summed E-state index contributed by atoms with van der Waals surface area (Å²) < 4.78 is 0. The number of aliphatic carboxylic acids is 1. The second kappa shape index (κ2) is 7.38. The summed E-state index contributed by atoms with van der Waals surface area (Å²) in [5.41, 5.74) is 0.993. The quantitative estimate of drug-likeness (QED) is 0.692. The van der Waals surface area contributed by atoms with Gasteiger partial charge < -0.3 is 10.4 Å². The third-order valence-corrected chi connectivity index (χ3v) is 2.22. The first kappa shape index (κ1) is 13.2. The van der Waals surface area contributed by atoms with Gasteiger partial charge in [-0.05, 0) is 25.0 Å². The SMILES string of the molecule is O=C(O)CCC(=O)NCCCc1ccccn1. The summed E-state index contributed by atoms with van der Waals surface area (Å²) in [7, 11) is 0. The van der Waals surface area contributed by atoms with E-state index in [2.05, 4.69) is 10.3 Å². The molecule has 0 radical (unpaired) electrons. The minimum atomic E-state index is -0.950. The van der Waals surface area contributed by atoms with Gasteiger partial charge in [-0.3, -0.25) is 14.6 Å². The van der Waals surface area contributed by atoms with Gasteiger partial charge in [-0.25, -0.2) is 0 Å². The van der Waals surface area contributed by atoms with Crippen LogP contribution in [0, 0.1) is 0 Å². The lowest BCUT2D eigenvalue weighted by Crippen LogP contribution is -2.25. The molecule has 0 spiro atoms. The van der Waals surface area contributed by atoms with Gasteiger partial charge in [-0.15, -0.1) is 0 Å². The molecule has 1 aromatic heterocycles. The summed E-state index contributed by atoms with van der Waals surface area (Å²) in [6.07, 6.45) is 3.27. The summed E-state index contributed by atoms with van der Waals surface area (Å²) in [6, 6.07) is 5.72. The zero-order chi connectivity index (χ0) is 12.5. The van der Waals surface area contributed by atoms with E-state index in [1.54, 1.807) is 6.20 Å². The summed E-state index contributed by atoms with van der Waals surface area (Å²) in [6.45, 7) is 0.551. The zero-order valence-corrected chi connectivity index (χ0v) is 9.56. The Hall–Kier alpha value is -1.91. The number of carbonyl (C=O) groups excluding carboxylic acids is 1. The number of nitrogens with zero attached hydrogens (tertiary/aromatic N) is 1. The van der Waals surface area contributed by atoms with E-state index in [9.17, 15) is 9.59 Å². The highest BCUT2D eigenvalue weighted by atomic mass is 16.4. The van der Waals surface area contributed by atoms with Crippen LogP contribution < -0.4 is 5.32 Å². The molecule has 0 atom stereocenters. The number of carboxylic acid groups (broad SMARTS) is 1. The predicted octanol–water partition coefficient (Wildman–Crippen LogP) is 0.995. The van der Waals surface area contributed by atoms with Crippen molar-refractivity contribution in [2.45, 2.75) is 25.7 Å². The van der Waals surface area contributed by atoms with Gasteiger partial charge in [-0.1, -0.05) is 6.07 Å². The first-order valence-corrected chi connectivity index (χ1v) is 5.57. The van der Waals surface area contributed by atoms with Crippen LogP contribution in [0.2, 0.25) is 0 Å². The van der Waals surface area contributed by atoms with Crippen molar-refractivity contribution in [3.63, 3.8) is 0 Å². The molecular formula is C12H16N2O3. The molecule has 1 aromatic rings. The normalized spacial score (nSPS) is 9.88. The molecule has 2 N–H and O–H groups in total. The van der Waals surface area contributed by atoms with Crippen LogP contribution in [0.1, 0.15) is 25.0 Å². The van der Waals surface area contributed by atoms with Crippen molar-refractivity contribution in [1.82, 2.24) is 10.3 Å². The summed E-state index contributed by atoms with van der Waals surface area (Å²) in [4.78, 5) is 25.6. The molecule has 17 heavy (non-hydrogen) atoms. The largest absolute Gasteiger partial charge is 0.481 e. The van der Waals surface area contributed by atoms with Crippen molar-refractivity contribution >= 4 is 11.9 Å². The Morgan fingerprint density at radius 1 is 1.29 bits per heavy atom. The molecule has 0 saturated heterocycles. The van der Waals surface area contributed by atoms with Crippen LogP contribution >= 0.6 is 0 Å². The maximum atomic E-state index is 11.2. The number of hydrogen-bond donors (Lipinski definition) is 2. The molecule has 0 aliphatic rings. The highest BCUT2D eigenvalue weighted by Gasteiger charge is 2.04. The van der Waals surface area contributed by atoms with Crippen molar-refractivity contribution in [3.8, 4) is 0 Å². The van der Waals surface area contributed by atoms with Crippen LogP contribution in [0.25, 0.3) is 0 Å². The highest BCUT2D eigenvalue weighted by Crippen LogP contribution is 1.97. The summed E-state index contributed by atoms with van der Waals surface area (Å²) >= 11 is 0. The molecule has 0 bridgehead atoms. The molecule has 5 heteroatoms. The van der Waals surface area contributed by atoms with Crippen LogP contribution in [0.15, 0.2) is 24.4 Å². The lowest BCUT2D eigenvalue weighted by Gasteiger charge is -2.03. The Morgan fingerprint density at radius 3 is 2.76 bits per heavy atom. The average molecular weight is 236 g/mol. The molecule has 0 aliphatic heterocycles. The predicted molar refractivity (Wildman–Crippen MR) is 62.4 cm³/mol. The second-order valence-corrected chi connectivity index (χ2v) is 3.67. The minimum absolute atomic E-state index is 0.0406. The van der Waals surface area contributed by atoms with E-state index in [0.717, 1.165) is 18.5 Å². The lowest BCUT2D eigenvalue weighted by atomic mass is 10.2. The van der Waals surface area contributed by atoms with Gasteiger partial charge in [-0.2, -0.15) is 0 Å². The molecule has 0 saturated carbocycles. The Bertz CT molecular complexity index is 365. The maximum absolute atomic E-state index is 11.2. The third-order valence-electron chi connectivity index (χ3n) is 2.22. The van der Waals surface area contributed by atoms with Crippen molar-refractivity contribution in [2.24, 2.45) is 0 Å². The Labute approximate surface area is 99.9 Å². The monoisotopic (exact) mass is 236 g/mol. The number of pyridine rings is 1. The third kappa shape index (κ3) is 6.29. The highest BCUT2D eigenvalue weighted by molar-refractivity contribution is 5.80. The van der Waals surface area contributed by atoms with Crippen molar-refractivity contribution in [2.75, 3.05) is 6.54 Å². The van der Waals surface area contributed by atoms with Gasteiger partial charge in [0.2, 0.25) is 5.91 Å². The van der Waals surface area contributed by atoms with Gasteiger partial charge in [0.05, 0.1) is 6.42 Å². The van der Waals surface area contributed by atoms with Gasteiger partial charge in [0.25, 0.3) is 0 Å². The standard InChI is InChI=1S/C12H16N2O3/c15-11(6-7-12(16)17)14-9-3-5-10-4-1-2-8-13-10/h1-2,4,8H,3,5-7,9H2,(H,14,15)(H,16,17). The van der Waals surface area contributed by atoms with E-state index in [1.807, 2.05) is 18.2 Å². The van der Waals surface area contributed by atoms with E-state index in [1.165, 1.54) is 0 Å². The molecule has 1 rings (SSSR count).